The van der Waals surface area contributed by atoms with Gasteiger partial charge < -0.3 is 10.1 Å². The fourth-order valence-electron chi connectivity index (χ4n) is 3.02. The number of ether oxygens (including phenoxy) is 1. The maximum Gasteiger partial charge on any atom is 0.264 e. The number of aromatic nitrogens is 1. The summed E-state index contributed by atoms with van der Waals surface area (Å²) in [5.41, 5.74) is 1.98. The van der Waals surface area contributed by atoms with E-state index < -0.39 is 0 Å². The monoisotopic (exact) mass is 439 g/mol. The SMILES string of the molecule is Cc1nc(NC(=O)COc2cccc(NC(=O)C3CC3)c2)sc1Cc1ccccc1F. The second-order valence-electron chi connectivity index (χ2n) is 7.42. The van der Waals surface area contributed by atoms with Crippen LogP contribution in [0, 0.1) is 18.7 Å². The van der Waals surface area contributed by atoms with Gasteiger partial charge in [0.25, 0.3) is 5.91 Å². The zero-order valence-corrected chi connectivity index (χ0v) is 17.8. The Bertz CT molecular complexity index is 1110. The van der Waals surface area contributed by atoms with Crippen molar-refractivity contribution in [2.75, 3.05) is 17.2 Å². The van der Waals surface area contributed by atoms with E-state index in [2.05, 4.69) is 15.6 Å². The average molecular weight is 440 g/mol. The molecule has 0 bridgehead atoms. The van der Waals surface area contributed by atoms with Crippen LogP contribution in [0.5, 0.6) is 5.75 Å². The Morgan fingerprint density at radius 1 is 1.16 bits per heavy atom. The van der Waals surface area contributed by atoms with Crippen LogP contribution in [0.3, 0.4) is 0 Å². The number of hydrogen-bond donors (Lipinski definition) is 2. The molecule has 0 atom stereocenters. The maximum atomic E-state index is 13.9. The molecule has 160 valence electrons. The van der Waals surface area contributed by atoms with Gasteiger partial charge in [-0.15, -0.1) is 11.3 Å². The third-order valence-corrected chi connectivity index (χ3v) is 5.94. The van der Waals surface area contributed by atoms with Crippen LogP contribution in [0.15, 0.2) is 48.5 Å². The van der Waals surface area contributed by atoms with Crippen molar-refractivity contribution in [3.05, 3.63) is 70.5 Å². The number of nitrogens with zero attached hydrogens (tertiary/aromatic N) is 1. The van der Waals surface area contributed by atoms with E-state index in [0.29, 0.717) is 28.6 Å². The van der Waals surface area contributed by atoms with E-state index in [1.54, 1.807) is 42.5 Å². The molecule has 2 amide bonds. The Kier molecular flexibility index (Phi) is 6.27. The Labute approximate surface area is 183 Å². The molecule has 4 rings (SSSR count). The fraction of sp³-hybridized carbons (Fsp3) is 0.261. The molecule has 0 unspecified atom stereocenters. The van der Waals surface area contributed by atoms with Gasteiger partial charge in [0.15, 0.2) is 11.7 Å². The number of amides is 2. The summed E-state index contributed by atoms with van der Waals surface area (Å²) in [5, 5.41) is 6.02. The van der Waals surface area contributed by atoms with Crippen molar-refractivity contribution >= 4 is 34.0 Å². The Balaban J connectivity index is 1.31. The summed E-state index contributed by atoms with van der Waals surface area (Å²) in [4.78, 5) is 29.4. The van der Waals surface area contributed by atoms with Crippen molar-refractivity contribution in [2.24, 2.45) is 5.92 Å². The van der Waals surface area contributed by atoms with Crippen molar-refractivity contribution in [1.29, 1.82) is 0 Å². The van der Waals surface area contributed by atoms with Gasteiger partial charge in [-0.05, 0) is 43.5 Å². The van der Waals surface area contributed by atoms with Crippen LogP contribution in [0.25, 0.3) is 0 Å². The normalized spacial score (nSPS) is 13.0. The molecule has 1 saturated carbocycles. The van der Waals surface area contributed by atoms with Gasteiger partial charge in [0.2, 0.25) is 5.91 Å². The fourth-order valence-corrected chi connectivity index (χ4v) is 4.02. The second-order valence-corrected chi connectivity index (χ2v) is 8.51. The molecule has 0 radical (unpaired) electrons. The van der Waals surface area contributed by atoms with Gasteiger partial charge in [0.1, 0.15) is 11.6 Å². The zero-order valence-electron chi connectivity index (χ0n) is 17.0. The second kappa shape index (κ2) is 9.26. The first-order valence-electron chi connectivity index (χ1n) is 10.0. The molecule has 1 heterocycles. The molecule has 31 heavy (non-hydrogen) atoms. The first-order chi connectivity index (χ1) is 15.0. The summed E-state index contributed by atoms with van der Waals surface area (Å²) >= 11 is 1.32. The number of thiazole rings is 1. The van der Waals surface area contributed by atoms with E-state index in [1.807, 2.05) is 6.92 Å². The quantitative estimate of drug-likeness (QED) is 0.540. The van der Waals surface area contributed by atoms with Crippen molar-refractivity contribution in [3.8, 4) is 5.75 Å². The molecular formula is C23H22FN3O3S. The largest absolute Gasteiger partial charge is 0.484 e. The number of halogens is 1. The molecule has 2 aromatic carbocycles. The lowest BCUT2D eigenvalue weighted by molar-refractivity contribution is -0.118. The van der Waals surface area contributed by atoms with E-state index >= 15 is 0 Å². The zero-order chi connectivity index (χ0) is 21.8. The van der Waals surface area contributed by atoms with Crippen LogP contribution in [-0.2, 0) is 16.0 Å². The third-order valence-electron chi connectivity index (χ3n) is 4.87. The molecule has 1 aromatic heterocycles. The topological polar surface area (TPSA) is 80.3 Å². The summed E-state index contributed by atoms with van der Waals surface area (Å²) in [5.74, 6) is 0.00311. The van der Waals surface area contributed by atoms with Gasteiger partial charge in [0, 0.05) is 29.0 Å². The molecule has 3 aromatic rings. The summed E-state index contributed by atoms with van der Waals surface area (Å²) in [6, 6.07) is 13.6. The molecule has 0 saturated heterocycles. The van der Waals surface area contributed by atoms with E-state index in [-0.39, 0.29) is 30.2 Å². The number of anilines is 2. The Hall–Kier alpha value is -3.26. The minimum absolute atomic E-state index is 0.0141. The van der Waals surface area contributed by atoms with Crippen LogP contribution in [0.1, 0.15) is 29.0 Å². The number of aryl methyl sites for hydroxylation is 1. The van der Waals surface area contributed by atoms with Crippen LogP contribution in [-0.4, -0.2) is 23.4 Å². The van der Waals surface area contributed by atoms with Gasteiger partial charge in [-0.2, -0.15) is 0 Å². The van der Waals surface area contributed by atoms with Crippen LogP contribution < -0.4 is 15.4 Å². The highest BCUT2D eigenvalue weighted by Gasteiger charge is 2.29. The van der Waals surface area contributed by atoms with Gasteiger partial charge in [0.05, 0.1) is 5.69 Å². The predicted octanol–water partition coefficient (Wildman–Crippen LogP) is 4.55. The molecular weight excluding hydrogens is 417 g/mol. The van der Waals surface area contributed by atoms with E-state index in [9.17, 15) is 14.0 Å². The van der Waals surface area contributed by atoms with Gasteiger partial charge in [-0.1, -0.05) is 24.3 Å². The highest BCUT2D eigenvalue weighted by Crippen LogP contribution is 2.30. The standard InChI is InChI=1S/C23H22FN3O3S/c1-14-20(11-16-5-2-3-8-19(16)24)31-23(25-14)27-21(28)13-30-18-7-4-6-17(12-18)26-22(29)15-9-10-15/h2-8,12,15H,9-11,13H2,1H3,(H,26,29)(H,25,27,28). The Morgan fingerprint density at radius 3 is 2.74 bits per heavy atom. The molecule has 2 N–H and O–H groups in total. The number of rotatable bonds is 8. The number of carbonyl (C=O) groups is 2. The lowest BCUT2D eigenvalue weighted by Crippen LogP contribution is -2.20. The van der Waals surface area contributed by atoms with Crippen molar-refractivity contribution in [1.82, 2.24) is 4.98 Å². The van der Waals surface area contributed by atoms with Gasteiger partial charge in [-0.3, -0.25) is 14.9 Å². The Morgan fingerprint density at radius 2 is 1.97 bits per heavy atom. The van der Waals surface area contributed by atoms with Gasteiger partial charge >= 0.3 is 0 Å². The lowest BCUT2D eigenvalue weighted by Gasteiger charge is -2.08. The van der Waals surface area contributed by atoms with Crippen LogP contribution >= 0.6 is 11.3 Å². The van der Waals surface area contributed by atoms with Crippen molar-refractivity contribution in [2.45, 2.75) is 26.2 Å². The van der Waals surface area contributed by atoms with Crippen molar-refractivity contribution < 1.29 is 18.7 Å². The summed E-state index contributed by atoms with van der Waals surface area (Å²) in [7, 11) is 0. The smallest absolute Gasteiger partial charge is 0.264 e. The van der Waals surface area contributed by atoms with Gasteiger partial charge in [-0.25, -0.2) is 9.37 Å². The summed E-state index contributed by atoms with van der Waals surface area (Å²) in [6.07, 6.45) is 2.28. The molecule has 1 fully saturated rings. The number of carbonyl (C=O) groups excluding carboxylic acids is 2. The third kappa shape index (κ3) is 5.67. The molecule has 6 nitrogen and oxygen atoms in total. The molecule has 0 aliphatic heterocycles. The van der Waals surface area contributed by atoms with Crippen molar-refractivity contribution in [3.63, 3.8) is 0 Å². The molecule has 8 heteroatoms. The number of nitrogens with one attached hydrogen (secondary N) is 2. The summed E-state index contributed by atoms with van der Waals surface area (Å²) < 4.78 is 19.5. The first kappa shape index (κ1) is 21.0. The number of benzene rings is 2. The number of hydrogen-bond acceptors (Lipinski definition) is 5. The molecule has 1 aliphatic carbocycles. The average Bonchev–Trinajstić information content (AvgIpc) is 3.54. The summed E-state index contributed by atoms with van der Waals surface area (Å²) in [6.45, 7) is 1.64. The van der Waals surface area contributed by atoms with Crippen LogP contribution in [0.2, 0.25) is 0 Å². The minimum atomic E-state index is -0.349. The first-order valence-corrected chi connectivity index (χ1v) is 10.8. The van der Waals surface area contributed by atoms with E-state index in [4.69, 9.17) is 4.74 Å². The molecule has 1 aliphatic rings. The highest BCUT2D eigenvalue weighted by atomic mass is 32.1. The van der Waals surface area contributed by atoms with E-state index in [0.717, 1.165) is 23.4 Å². The van der Waals surface area contributed by atoms with Crippen LogP contribution in [0.4, 0.5) is 15.2 Å². The lowest BCUT2D eigenvalue weighted by atomic mass is 10.1. The maximum absolute atomic E-state index is 13.9. The molecule has 0 spiro atoms. The minimum Gasteiger partial charge on any atom is -0.484 e. The van der Waals surface area contributed by atoms with E-state index in [1.165, 1.54) is 17.4 Å². The highest BCUT2D eigenvalue weighted by molar-refractivity contribution is 7.15. The predicted molar refractivity (Wildman–Crippen MR) is 118 cm³/mol.